The smallest absolute Gasteiger partial charge is 0.244 e. The molecule has 2 rings (SSSR count). The van der Waals surface area contributed by atoms with E-state index in [-0.39, 0.29) is 29.1 Å². The molecule has 34 heavy (non-hydrogen) atoms. The van der Waals surface area contributed by atoms with Gasteiger partial charge in [0.05, 0.1) is 17.0 Å². The first-order valence-electron chi connectivity index (χ1n) is 11.0. The lowest BCUT2D eigenvalue weighted by Crippen LogP contribution is -2.52. The van der Waals surface area contributed by atoms with Crippen LogP contribution in [0.1, 0.15) is 32.8 Å². The molecule has 0 heterocycles. The second-order valence-electron chi connectivity index (χ2n) is 8.43. The van der Waals surface area contributed by atoms with Gasteiger partial charge in [-0.05, 0) is 42.2 Å². The van der Waals surface area contributed by atoms with E-state index in [0.717, 1.165) is 16.1 Å². The fourth-order valence-corrected chi connectivity index (χ4v) is 4.65. The average molecular weight is 529 g/mol. The maximum atomic E-state index is 13.6. The Labute approximate surface area is 212 Å². The molecule has 7 nitrogen and oxygen atoms in total. The van der Waals surface area contributed by atoms with Crippen molar-refractivity contribution in [1.29, 1.82) is 0 Å². The first-order chi connectivity index (χ1) is 15.9. The standard InChI is InChI=1S/C24H31Cl2N3O4S/c1-5-21(24(31)27-14-17(2)3)28(15-18-10-12-19(25)13-11-18)23(30)16-29(34(4,32)33)22-9-7-6-8-20(22)26/h6-13,17,21H,5,14-16H2,1-4H3,(H,27,31)/t21-/m0/s1. The Morgan fingerprint density at radius 2 is 1.65 bits per heavy atom. The first kappa shape index (κ1) is 28.0. The van der Waals surface area contributed by atoms with Crippen molar-refractivity contribution in [3.05, 3.63) is 64.1 Å². The Bertz CT molecular complexity index is 1090. The van der Waals surface area contributed by atoms with E-state index < -0.39 is 28.5 Å². The molecule has 10 heteroatoms. The number of para-hydroxylation sites is 1. The number of hydrogen-bond donors (Lipinski definition) is 1. The molecule has 0 bridgehead atoms. The number of halogens is 2. The van der Waals surface area contributed by atoms with E-state index in [9.17, 15) is 18.0 Å². The van der Waals surface area contributed by atoms with Gasteiger partial charge < -0.3 is 10.2 Å². The average Bonchev–Trinajstić information content (AvgIpc) is 2.77. The minimum atomic E-state index is -3.84. The molecule has 0 aliphatic carbocycles. The zero-order valence-corrected chi connectivity index (χ0v) is 22.1. The summed E-state index contributed by atoms with van der Waals surface area (Å²) in [5.41, 5.74) is 0.959. The first-order valence-corrected chi connectivity index (χ1v) is 13.6. The molecular formula is C24H31Cl2N3O4S. The van der Waals surface area contributed by atoms with Gasteiger partial charge in [0, 0.05) is 18.1 Å². The summed E-state index contributed by atoms with van der Waals surface area (Å²) in [6.45, 7) is 5.85. The van der Waals surface area contributed by atoms with Crippen molar-refractivity contribution < 1.29 is 18.0 Å². The Kier molecular flexibility index (Phi) is 10.2. The van der Waals surface area contributed by atoms with Crippen LogP contribution in [0.5, 0.6) is 0 Å². The van der Waals surface area contributed by atoms with Crippen molar-refractivity contribution in [3.8, 4) is 0 Å². The number of sulfonamides is 1. The fraction of sp³-hybridized carbons (Fsp3) is 0.417. The molecule has 0 aliphatic rings. The summed E-state index contributed by atoms with van der Waals surface area (Å²) < 4.78 is 26.1. The van der Waals surface area contributed by atoms with Gasteiger partial charge in [-0.1, -0.05) is 68.2 Å². The van der Waals surface area contributed by atoms with Crippen LogP contribution in [0.15, 0.2) is 48.5 Å². The van der Waals surface area contributed by atoms with Crippen LogP contribution >= 0.6 is 23.2 Å². The third-order valence-corrected chi connectivity index (χ3v) is 6.84. The summed E-state index contributed by atoms with van der Waals surface area (Å²) >= 11 is 12.2. The molecule has 2 aromatic rings. The van der Waals surface area contributed by atoms with Gasteiger partial charge in [0.1, 0.15) is 12.6 Å². The van der Waals surface area contributed by atoms with Crippen molar-refractivity contribution in [2.45, 2.75) is 39.8 Å². The highest BCUT2D eigenvalue weighted by Crippen LogP contribution is 2.27. The van der Waals surface area contributed by atoms with Gasteiger partial charge in [0.2, 0.25) is 21.8 Å². The fourth-order valence-electron chi connectivity index (χ4n) is 3.38. The number of carbonyl (C=O) groups excluding carboxylic acids is 2. The van der Waals surface area contributed by atoms with Crippen molar-refractivity contribution >= 4 is 50.7 Å². The highest BCUT2D eigenvalue weighted by atomic mass is 35.5. The zero-order valence-electron chi connectivity index (χ0n) is 19.8. The number of benzene rings is 2. The zero-order chi connectivity index (χ0) is 25.5. The predicted molar refractivity (Wildman–Crippen MR) is 138 cm³/mol. The lowest BCUT2D eigenvalue weighted by Gasteiger charge is -2.33. The molecule has 0 unspecified atom stereocenters. The van der Waals surface area contributed by atoms with E-state index in [1.165, 1.54) is 11.0 Å². The molecule has 0 spiro atoms. The number of rotatable bonds is 11. The molecule has 0 aromatic heterocycles. The molecule has 0 fully saturated rings. The molecule has 0 radical (unpaired) electrons. The number of anilines is 1. The summed E-state index contributed by atoms with van der Waals surface area (Å²) in [5, 5.41) is 3.63. The summed E-state index contributed by atoms with van der Waals surface area (Å²) in [6.07, 6.45) is 1.37. The lowest BCUT2D eigenvalue weighted by atomic mass is 10.1. The number of nitrogens with one attached hydrogen (secondary N) is 1. The summed E-state index contributed by atoms with van der Waals surface area (Å²) in [6, 6.07) is 12.6. The largest absolute Gasteiger partial charge is 0.354 e. The van der Waals surface area contributed by atoms with E-state index >= 15 is 0 Å². The highest BCUT2D eigenvalue weighted by molar-refractivity contribution is 7.92. The minimum absolute atomic E-state index is 0.115. The van der Waals surface area contributed by atoms with Crippen LogP contribution in [0.25, 0.3) is 0 Å². The second kappa shape index (κ2) is 12.4. The van der Waals surface area contributed by atoms with Crippen molar-refractivity contribution in [1.82, 2.24) is 10.2 Å². The maximum absolute atomic E-state index is 13.6. The van der Waals surface area contributed by atoms with Gasteiger partial charge >= 0.3 is 0 Å². The highest BCUT2D eigenvalue weighted by Gasteiger charge is 2.32. The maximum Gasteiger partial charge on any atom is 0.244 e. The third-order valence-electron chi connectivity index (χ3n) is 5.14. The van der Waals surface area contributed by atoms with Crippen LogP contribution in [0.3, 0.4) is 0 Å². The van der Waals surface area contributed by atoms with E-state index in [1.807, 2.05) is 20.8 Å². The Morgan fingerprint density at radius 3 is 2.18 bits per heavy atom. The van der Waals surface area contributed by atoms with Crippen LogP contribution in [0, 0.1) is 5.92 Å². The molecule has 186 valence electrons. The lowest BCUT2D eigenvalue weighted by molar-refractivity contribution is -0.140. The summed E-state index contributed by atoms with van der Waals surface area (Å²) in [7, 11) is -3.84. The molecule has 2 amide bonds. The molecule has 2 aromatic carbocycles. The number of hydrogen-bond acceptors (Lipinski definition) is 4. The van der Waals surface area contributed by atoms with Crippen LogP contribution in [0.4, 0.5) is 5.69 Å². The van der Waals surface area contributed by atoms with E-state index in [4.69, 9.17) is 23.2 Å². The number of nitrogens with zero attached hydrogens (tertiary/aromatic N) is 2. The van der Waals surface area contributed by atoms with Gasteiger partial charge in [0.25, 0.3) is 0 Å². The molecule has 1 atom stereocenters. The van der Waals surface area contributed by atoms with Crippen LogP contribution in [0.2, 0.25) is 10.0 Å². The Hall–Kier alpha value is -2.29. The SMILES string of the molecule is CC[C@@H](C(=O)NCC(C)C)N(Cc1ccc(Cl)cc1)C(=O)CN(c1ccccc1Cl)S(C)(=O)=O. The normalized spacial score (nSPS) is 12.3. The van der Waals surface area contributed by atoms with E-state index in [1.54, 1.807) is 42.5 Å². The van der Waals surface area contributed by atoms with Gasteiger partial charge in [-0.3, -0.25) is 13.9 Å². The van der Waals surface area contributed by atoms with Crippen molar-refractivity contribution in [3.63, 3.8) is 0 Å². The van der Waals surface area contributed by atoms with Crippen molar-refractivity contribution in [2.75, 3.05) is 23.7 Å². The van der Waals surface area contributed by atoms with E-state index in [0.29, 0.717) is 18.0 Å². The number of amides is 2. The summed E-state index contributed by atoms with van der Waals surface area (Å²) in [4.78, 5) is 28.0. The quantitative estimate of drug-likeness (QED) is 0.470. The molecule has 0 aliphatic heterocycles. The Balaban J connectivity index is 2.42. The topological polar surface area (TPSA) is 86.8 Å². The van der Waals surface area contributed by atoms with Crippen LogP contribution in [-0.2, 0) is 26.2 Å². The molecule has 1 N–H and O–H groups in total. The Morgan fingerprint density at radius 1 is 1.03 bits per heavy atom. The molecule has 0 saturated carbocycles. The number of carbonyl (C=O) groups is 2. The minimum Gasteiger partial charge on any atom is -0.354 e. The monoisotopic (exact) mass is 527 g/mol. The van der Waals surface area contributed by atoms with Gasteiger partial charge in [0.15, 0.2) is 0 Å². The second-order valence-corrected chi connectivity index (χ2v) is 11.2. The summed E-state index contributed by atoms with van der Waals surface area (Å²) in [5.74, 6) is -0.572. The van der Waals surface area contributed by atoms with E-state index in [2.05, 4.69) is 5.32 Å². The third kappa shape index (κ3) is 7.89. The van der Waals surface area contributed by atoms with Crippen LogP contribution in [-0.4, -0.2) is 50.5 Å². The van der Waals surface area contributed by atoms with Gasteiger partial charge in [-0.15, -0.1) is 0 Å². The predicted octanol–water partition coefficient (Wildman–Crippen LogP) is 4.34. The molecular weight excluding hydrogens is 497 g/mol. The molecule has 0 saturated heterocycles. The van der Waals surface area contributed by atoms with Crippen LogP contribution < -0.4 is 9.62 Å². The van der Waals surface area contributed by atoms with Crippen molar-refractivity contribution in [2.24, 2.45) is 5.92 Å². The van der Waals surface area contributed by atoms with Gasteiger partial charge in [-0.2, -0.15) is 0 Å². The van der Waals surface area contributed by atoms with Gasteiger partial charge in [-0.25, -0.2) is 8.42 Å².